The SMILES string of the molecule is C[C@@H](OCC12CCC(CC1)OC2)[C@@H](COC1CCN(C(=O)OC(C)(C)C)CC1)NC(=O)[C@@H]1CN(C(=O)c2cnn(Cc3ccccc3C(=O)OC(C)(C)C)c2)CC12CN(C(=O)C1(C(F)(F)F)CC1)C2. The molecule has 2 aromatic rings. The number of hydrogen-bond donors (Lipinski definition) is 1. The molecule has 0 radical (unpaired) electrons. The quantitative estimate of drug-likeness (QED) is 0.208. The molecule has 9 rings (SSSR count). The van der Waals surface area contributed by atoms with E-state index in [-0.39, 0.29) is 81.5 Å². The molecule has 4 amide bonds. The van der Waals surface area contributed by atoms with Gasteiger partial charge in [0.2, 0.25) is 11.8 Å². The number of nitrogens with one attached hydrogen (secondary N) is 1. The van der Waals surface area contributed by atoms with Crippen molar-refractivity contribution in [2.24, 2.45) is 22.2 Å². The number of nitrogens with zero attached hydrogens (tertiary/aromatic N) is 5. The molecule has 0 unspecified atom stereocenters. The van der Waals surface area contributed by atoms with E-state index >= 15 is 0 Å². The van der Waals surface area contributed by atoms with Crippen LogP contribution in [0.2, 0.25) is 0 Å². The van der Waals surface area contributed by atoms with Crippen LogP contribution in [0.1, 0.15) is 126 Å². The molecule has 69 heavy (non-hydrogen) atoms. The predicted molar refractivity (Wildman–Crippen MR) is 244 cm³/mol. The number of halogens is 3. The van der Waals surface area contributed by atoms with Crippen molar-refractivity contribution in [2.75, 3.05) is 59.1 Å². The van der Waals surface area contributed by atoms with Gasteiger partial charge in [0.1, 0.15) is 16.6 Å². The fourth-order valence-corrected chi connectivity index (χ4v) is 10.6. The highest BCUT2D eigenvalue weighted by Crippen LogP contribution is 2.60. The molecule has 1 N–H and O–H groups in total. The molecule has 1 aromatic heterocycles. The summed E-state index contributed by atoms with van der Waals surface area (Å²) in [4.78, 5) is 72.9. The Morgan fingerprint density at radius 3 is 2.13 bits per heavy atom. The Morgan fingerprint density at radius 1 is 0.870 bits per heavy atom. The van der Waals surface area contributed by atoms with Crippen LogP contribution in [0.15, 0.2) is 36.7 Å². The van der Waals surface area contributed by atoms with Gasteiger partial charge in [-0.15, -0.1) is 0 Å². The molecule has 1 spiro atoms. The first kappa shape index (κ1) is 50.6. The Morgan fingerprint density at radius 2 is 1.52 bits per heavy atom. The standard InChI is InChI=1S/C50H69F3N6O10/c1-32(66-30-47-16-12-35(13-17-47)67-31-47)39(26-65-36-14-20-56(21-15-36)44(64)69-46(5,6)7)55-40(60)38-25-57(27-48(38)28-58(29-48)43(63)49(18-19-49)50(51,52)53)41(61)34-22-54-59(24-34)23-33-10-8-9-11-37(33)42(62)68-45(2,3)4/h8-11,22,24,32,35-36,38-39H,12-21,23,25-31H2,1-7H3,(H,55,60)/t32-,35?,38+,39-,47?/m1/s1. The maximum Gasteiger partial charge on any atom is 0.410 e. The number of carbonyl (C=O) groups excluding carboxylic acids is 5. The lowest BCUT2D eigenvalue weighted by Crippen LogP contribution is -2.66. The van der Waals surface area contributed by atoms with Crippen LogP contribution in [-0.4, -0.2) is 155 Å². The first-order valence-electron chi connectivity index (χ1n) is 24.5. The Bertz CT molecular complexity index is 2210. The molecule has 5 aliphatic heterocycles. The number of esters is 1. The Balaban J connectivity index is 0.986. The lowest BCUT2D eigenvalue weighted by Gasteiger charge is -2.51. The van der Waals surface area contributed by atoms with Gasteiger partial charge in [0.05, 0.1) is 74.0 Å². The highest BCUT2D eigenvalue weighted by atomic mass is 19.4. The number of likely N-dealkylation sites (tertiary alicyclic amines) is 3. The van der Waals surface area contributed by atoms with Gasteiger partial charge in [-0.25, -0.2) is 9.59 Å². The summed E-state index contributed by atoms with van der Waals surface area (Å²) < 4.78 is 74.4. The van der Waals surface area contributed by atoms with Crippen LogP contribution < -0.4 is 5.32 Å². The Labute approximate surface area is 402 Å². The molecule has 2 saturated carbocycles. The Hall–Kier alpha value is -4.75. The van der Waals surface area contributed by atoms with Crippen molar-refractivity contribution in [3.63, 3.8) is 0 Å². The topological polar surface area (TPSA) is 171 Å². The zero-order valence-electron chi connectivity index (χ0n) is 41.0. The van der Waals surface area contributed by atoms with Crippen molar-refractivity contribution in [3.05, 3.63) is 53.3 Å². The molecule has 1 aromatic carbocycles. The van der Waals surface area contributed by atoms with E-state index in [1.165, 1.54) is 20.7 Å². The monoisotopic (exact) mass is 971 g/mol. The van der Waals surface area contributed by atoms with Crippen molar-refractivity contribution in [1.29, 1.82) is 0 Å². The van der Waals surface area contributed by atoms with E-state index in [4.69, 9.17) is 23.7 Å². The van der Waals surface area contributed by atoms with E-state index in [9.17, 15) is 37.1 Å². The van der Waals surface area contributed by atoms with Gasteiger partial charge in [0.15, 0.2) is 0 Å². The van der Waals surface area contributed by atoms with Crippen LogP contribution in [0.5, 0.6) is 0 Å². The maximum atomic E-state index is 14.8. The van der Waals surface area contributed by atoms with Crippen molar-refractivity contribution in [2.45, 2.75) is 148 Å². The third-order valence-electron chi connectivity index (χ3n) is 14.9. The van der Waals surface area contributed by atoms with Gasteiger partial charge in [-0.3, -0.25) is 19.1 Å². The van der Waals surface area contributed by atoms with E-state index < -0.39 is 70.0 Å². The molecule has 19 heteroatoms. The van der Waals surface area contributed by atoms with Gasteiger partial charge in [-0.1, -0.05) is 18.2 Å². The van der Waals surface area contributed by atoms with Crippen LogP contribution in [0.3, 0.4) is 0 Å². The number of amides is 4. The van der Waals surface area contributed by atoms with Crippen molar-refractivity contribution < 1.29 is 60.8 Å². The average Bonchev–Trinajstić information content (AvgIpc) is 3.83. The van der Waals surface area contributed by atoms with Gasteiger partial charge in [-0.2, -0.15) is 18.3 Å². The molecule has 6 heterocycles. The summed E-state index contributed by atoms with van der Waals surface area (Å²) >= 11 is 0. The third kappa shape index (κ3) is 11.2. The summed E-state index contributed by atoms with van der Waals surface area (Å²) in [6.45, 7) is 14.5. The van der Waals surface area contributed by atoms with Gasteiger partial charge < -0.3 is 43.7 Å². The molecule has 2 bridgehead atoms. The fourth-order valence-electron chi connectivity index (χ4n) is 10.6. The minimum Gasteiger partial charge on any atom is -0.456 e. The summed E-state index contributed by atoms with van der Waals surface area (Å²) in [5.74, 6) is -3.25. The first-order valence-corrected chi connectivity index (χ1v) is 24.5. The Kier molecular flexibility index (Phi) is 14.0. The number of aromatic nitrogens is 2. The van der Waals surface area contributed by atoms with E-state index in [0.717, 1.165) is 25.7 Å². The van der Waals surface area contributed by atoms with Crippen molar-refractivity contribution >= 4 is 29.8 Å². The minimum atomic E-state index is -4.70. The van der Waals surface area contributed by atoms with Gasteiger partial charge in [0, 0.05) is 56.3 Å². The molecule has 2 aliphatic carbocycles. The van der Waals surface area contributed by atoms with E-state index in [2.05, 4.69) is 10.4 Å². The maximum absolute atomic E-state index is 14.8. The number of hydrogen-bond acceptors (Lipinski definition) is 11. The highest BCUT2D eigenvalue weighted by molar-refractivity contribution is 5.95. The van der Waals surface area contributed by atoms with E-state index in [1.54, 1.807) is 56.1 Å². The van der Waals surface area contributed by atoms with Crippen molar-refractivity contribution in [3.8, 4) is 0 Å². The number of carbonyl (C=O) groups is 5. The lowest BCUT2D eigenvalue weighted by atomic mass is 9.70. The molecular formula is C50H69F3N6O10. The molecular weight excluding hydrogens is 902 g/mol. The summed E-state index contributed by atoms with van der Waals surface area (Å²) in [5.41, 5.74) is -3.72. The number of alkyl halides is 3. The molecule has 7 aliphatic rings. The summed E-state index contributed by atoms with van der Waals surface area (Å²) in [7, 11) is 0. The molecule has 5 saturated heterocycles. The number of rotatable bonds is 14. The number of ether oxygens (including phenoxy) is 5. The number of piperidine rings is 1. The minimum absolute atomic E-state index is 0.0202. The number of benzene rings is 1. The van der Waals surface area contributed by atoms with Gasteiger partial charge >= 0.3 is 18.2 Å². The predicted octanol–water partition coefficient (Wildman–Crippen LogP) is 6.40. The second-order valence-corrected chi connectivity index (χ2v) is 22.6. The first-order chi connectivity index (χ1) is 32.4. The van der Waals surface area contributed by atoms with Crippen molar-refractivity contribution in [1.82, 2.24) is 29.8 Å². The average molecular weight is 971 g/mol. The summed E-state index contributed by atoms with van der Waals surface area (Å²) in [6, 6.07) is 6.29. The van der Waals surface area contributed by atoms with Gasteiger partial charge in [-0.05, 0) is 111 Å². The zero-order chi connectivity index (χ0) is 49.7. The fraction of sp³-hybridized carbons (Fsp3) is 0.720. The number of fused-ring (bicyclic) bond motifs is 3. The molecule has 3 atom stereocenters. The molecule has 7 fully saturated rings. The lowest BCUT2D eigenvalue weighted by molar-refractivity contribution is -0.205. The second-order valence-electron chi connectivity index (χ2n) is 22.6. The van der Waals surface area contributed by atoms with E-state index in [0.29, 0.717) is 50.3 Å². The van der Waals surface area contributed by atoms with Crippen LogP contribution in [0.25, 0.3) is 0 Å². The van der Waals surface area contributed by atoms with E-state index in [1.807, 2.05) is 27.7 Å². The normalized spacial score (nSPS) is 25.2. The molecule has 380 valence electrons. The largest absolute Gasteiger partial charge is 0.456 e. The third-order valence-corrected chi connectivity index (χ3v) is 14.9. The zero-order valence-corrected chi connectivity index (χ0v) is 41.0. The van der Waals surface area contributed by atoms with Crippen LogP contribution in [0, 0.1) is 22.2 Å². The van der Waals surface area contributed by atoms with Gasteiger partial charge in [0.25, 0.3) is 5.91 Å². The summed E-state index contributed by atoms with van der Waals surface area (Å²) in [5, 5.41) is 7.61. The van der Waals surface area contributed by atoms with Crippen LogP contribution in [0.4, 0.5) is 18.0 Å². The van der Waals surface area contributed by atoms with Crippen LogP contribution in [-0.2, 0) is 39.8 Å². The molecule has 16 nitrogen and oxygen atoms in total. The van der Waals surface area contributed by atoms with Crippen LogP contribution >= 0.6 is 0 Å². The smallest absolute Gasteiger partial charge is 0.410 e. The second kappa shape index (κ2) is 19.1. The summed E-state index contributed by atoms with van der Waals surface area (Å²) in [6.07, 6.45) is 1.82. The highest BCUT2D eigenvalue weighted by Gasteiger charge is 2.71.